The van der Waals surface area contributed by atoms with Crippen LogP contribution in [0.5, 0.6) is 0 Å². The number of nitrogens with one attached hydrogen (secondary N) is 1. The van der Waals surface area contributed by atoms with Crippen molar-refractivity contribution in [1.29, 1.82) is 0 Å². The molecule has 1 amide bonds. The second-order valence-corrected chi connectivity index (χ2v) is 4.21. The van der Waals surface area contributed by atoms with E-state index in [1.807, 2.05) is 25.2 Å². The average Bonchev–Trinajstić information content (AvgIpc) is 2.88. The highest BCUT2D eigenvalue weighted by molar-refractivity contribution is 5.94. The average molecular weight is 268 g/mol. The highest BCUT2D eigenvalue weighted by atomic mass is 16.1. The van der Waals surface area contributed by atoms with Gasteiger partial charge in [0.1, 0.15) is 0 Å². The molecule has 0 atom stereocenters. The minimum absolute atomic E-state index is 0.121. The maximum atomic E-state index is 12.0. The Bertz CT molecular complexity index is 647. The van der Waals surface area contributed by atoms with Crippen molar-refractivity contribution in [3.05, 3.63) is 53.3 Å². The molecule has 0 saturated heterocycles. The van der Waals surface area contributed by atoms with Crippen LogP contribution in [0.15, 0.2) is 36.5 Å². The summed E-state index contributed by atoms with van der Waals surface area (Å²) in [4.78, 5) is 12.0. The van der Waals surface area contributed by atoms with Gasteiger partial charge in [-0.15, -0.1) is 0 Å². The van der Waals surface area contributed by atoms with Crippen molar-refractivity contribution in [2.45, 2.75) is 6.54 Å². The van der Waals surface area contributed by atoms with Crippen LogP contribution in [0.1, 0.15) is 21.6 Å². The number of carbonyl (C=O) groups is 1. The first-order chi connectivity index (χ1) is 9.70. The number of nitrogens with zero attached hydrogens (tertiary/aromatic N) is 2. The Morgan fingerprint density at radius 2 is 2.10 bits per heavy atom. The van der Waals surface area contributed by atoms with E-state index in [0.717, 1.165) is 11.3 Å². The third-order valence-corrected chi connectivity index (χ3v) is 2.83. The fourth-order valence-electron chi connectivity index (χ4n) is 1.71. The molecule has 0 aliphatic carbocycles. The number of rotatable bonds is 3. The quantitative estimate of drug-likeness (QED) is 0.803. The Morgan fingerprint density at radius 1 is 1.35 bits per heavy atom. The summed E-state index contributed by atoms with van der Waals surface area (Å²) in [6.07, 6.45) is 1.70. The molecule has 1 aromatic heterocycles. The van der Waals surface area contributed by atoms with Crippen molar-refractivity contribution in [3.8, 4) is 11.8 Å². The van der Waals surface area contributed by atoms with Crippen molar-refractivity contribution in [2.75, 3.05) is 6.54 Å². The largest absolute Gasteiger partial charge is 0.346 e. The number of hydrogen-bond acceptors (Lipinski definition) is 3. The van der Waals surface area contributed by atoms with Crippen molar-refractivity contribution < 1.29 is 4.79 Å². The van der Waals surface area contributed by atoms with Crippen molar-refractivity contribution >= 4 is 5.91 Å². The van der Waals surface area contributed by atoms with Gasteiger partial charge in [0.2, 0.25) is 0 Å². The molecule has 1 aromatic carbocycles. The van der Waals surface area contributed by atoms with Gasteiger partial charge in [0.25, 0.3) is 5.91 Å². The van der Waals surface area contributed by atoms with Crippen molar-refractivity contribution in [2.24, 2.45) is 12.8 Å². The molecule has 0 saturated carbocycles. The second-order valence-electron chi connectivity index (χ2n) is 4.21. The highest BCUT2D eigenvalue weighted by Crippen LogP contribution is 2.04. The Balaban J connectivity index is 1.97. The molecule has 3 N–H and O–H groups in total. The number of hydrogen-bond donors (Lipinski definition) is 2. The molecule has 0 aliphatic heterocycles. The van der Waals surface area contributed by atoms with Crippen molar-refractivity contribution in [3.63, 3.8) is 0 Å². The minimum atomic E-state index is -0.121. The molecule has 0 bridgehead atoms. The lowest BCUT2D eigenvalue weighted by molar-refractivity contribution is 0.0950. The lowest BCUT2D eigenvalue weighted by Gasteiger charge is -2.05. The zero-order valence-corrected chi connectivity index (χ0v) is 11.3. The maximum Gasteiger partial charge on any atom is 0.251 e. The standard InChI is InChI=1S/C15H16N4O/c1-19-14(8-10-18-19)11-17-15(20)13-6-4-12(5-7-13)3-2-9-16/h4-8,10H,9,11,16H2,1H3,(H,17,20). The van der Waals surface area contributed by atoms with Crippen LogP contribution < -0.4 is 11.1 Å². The first-order valence-electron chi connectivity index (χ1n) is 6.25. The Hall–Kier alpha value is -2.58. The van der Waals surface area contributed by atoms with Gasteiger partial charge in [-0.05, 0) is 30.3 Å². The van der Waals surface area contributed by atoms with Gasteiger partial charge in [-0.2, -0.15) is 5.10 Å². The summed E-state index contributed by atoms with van der Waals surface area (Å²) < 4.78 is 1.73. The molecule has 0 radical (unpaired) electrons. The zero-order valence-electron chi connectivity index (χ0n) is 11.3. The van der Waals surface area contributed by atoms with Gasteiger partial charge in [-0.3, -0.25) is 9.48 Å². The molecule has 1 heterocycles. The van der Waals surface area contributed by atoms with E-state index in [-0.39, 0.29) is 5.91 Å². The fraction of sp³-hybridized carbons (Fsp3) is 0.200. The molecule has 0 fully saturated rings. The highest BCUT2D eigenvalue weighted by Gasteiger charge is 2.06. The van der Waals surface area contributed by atoms with Crippen molar-refractivity contribution in [1.82, 2.24) is 15.1 Å². The van der Waals surface area contributed by atoms with Crippen LogP contribution in [0.3, 0.4) is 0 Å². The molecule has 2 aromatic rings. The predicted octanol–water partition coefficient (Wildman–Crippen LogP) is 0.660. The van der Waals surface area contributed by atoms with Crippen LogP contribution in [-0.2, 0) is 13.6 Å². The van der Waals surface area contributed by atoms with Gasteiger partial charge in [-0.25, -0.2) is 0 Å². The van der Waals surface area contributed by atoms with Gasteiger partial charge in [-0.1, -0.05) is 11.8 Å². The number of aryl methyl sites for hydroxylation is 1. The van der Waals surface area contributed by atoms with Gasteiger partial charge < -0.3 is 11.1 Å². The lowest BCUT2D eigenvalue weighted by atomic mass is 10.1. The first-order valence-corrected chi connectivity index (χ1v) is 6.25. The maximum absolute atomic E-state index is 12.0. The minimum Gasteiger partial charge on any atom is -0.346 e. The van der Waals surface area contributed by atoms with Gasteiger partial charge in [0, 0.05) is 24.4 Å². The summed E-state index contributed by atoms with van der Waals surface area (Å²) in [6.45, 7) is 0.775. The molecule has 2 rings (SSSR count). The van der Waals surface area contributed by atoms with Gasteiger partial charge >= 0.3 is 0 Å². The molecule has 20 heavy (non-hydrogen) atoms. The van der Waals surface area contributed by atoms with E-state index in [2.05, 4.69) is 22.3 Å². The molecular weight excluding hydrogens is 252 g/mol. The number of aromatic nitrogens is 2. The molecular formula is C15H16N4O. The van der Waals surface area contributed by atoms with Crippen LogP contribution in [0, 0.1) is 11.8 Å². The Morgan fingerprint density at radius 3 is 2.70 bits per heavy atom. The van der Waals surface area contributed by atoms with E-state index in [1.165, 1.54) is 0 Å². The summed E-state index contributed by atoms with van der Waals surface area (Å²) in [7, 11) is 1.84. The van der Waals surface area contributed by atoms with Crippen LogP contribution in [0.2, 0.25) is 0 Å². The zero-order chi connectivity index (χ0) is 14.4. The summed E-state index contributed by atoms with van der Waals surface area (Å²) in [6, 6.07) is 8.98. The molecule has 0 unspecified atom stereocenters. The fourth-order valence-corrected chi connectivity index (χ4v) is 1.71. The van der Waals surface area contributed by atoms with Crippen LogP contribution >= 0.6 is 0 Å². The molecule has 0 spiro atoms. The second kappa shape index (κ2) is 6.55. The summed E-state index contributed by atoms with van der Waals surface area (Å²) in [5, 5.41) is 6.90. The Labute approximate surface area is 117 Å². The van der Waals surface area contributed by atoms with E-state index in [4.69, 9.17) is 5.73 Å². The number of benzene rings is 1. The molecule has 0 aliphatic rings. The smallest absolute Gasteiger partial charge is 0.251 e. The van der Waals surface area contributed by atoms with E-state index >= 15 is 0 Å². The van der Waals surface area contributed by atoms with Gasteiger partial charge in [0.05, 0.1) is 18.8 Å². The van der Waals surface area contributed by atoms with E-state index < -0.39 is 0 Å². The van der Waals surface area contributed by atoms with Crippen LogP contribution in [0.4, 0.5) is 0 Å². The van der Waals surface area contributed by atoms with E-state index in [9.17, 15) is 4.79 Å². The number of amides is 1. The molecule has 5 nitrogen and oxygen atoms in total. The Kier molecular flexibility index (Phi) is 4.53. The monoisotopic (exact) mass is 268 g/mol. The third kappa shape index (κ3) is 3.46. The van der Waals surface area contributed by atoms with Crippen LogP contribution in [0.25, 0.3) is 0 Å². The van der Waals surface area contributed by atoms with Crippen LogP contribution in [-0.4, -0.2) is 22.2 Å². The topological polar surface area (TPSA) is 72.9 Å². The normalized spacial score (nSPS) is 9.70. The number of carbonyl (C=O) groups excluding carboxylic acids is 1. The third-order valence-electron chi connectivity index (χ3n) is 2.83. The summed E-state index contributed by atoms with van der Waals surface area (Å²) in [5.74, 6) is 5.56. The lowest BCUT2D eigenvalue weighted by Crippen LogP contribution is -2.23. The predicted molar refractivity (Wildman–Crippen MR) is 76.8 cm³/mol. The molecule has 102 valence electrons. The van der Waals surface area contributed by atoms with E-state index in [1.54, 1.807) is 23.0 Å². The molecule has 5 heteroatoms. The number of nitrogens with two attached hydrogens (primary N) is 1. The first kappa shape index (κ1) is 13.8. The van der Waals surface area contributed by atoms with E-state index in [0.29, 0.717) is 18.7 Å². The van der Waals surface area contributed by atoms with Gasteiger partial charge in [0.15, 0.2) is 0 Å². The summed E-state index contributed by atoms with van der Waals surface area (Å²) in [5.41, 5.74) is 7.70. The SMILES string of the molecule is Cn1nccc1CNC(=O)c1ccc(C#CCN)cc1. The summed E-state index contributed by atoms with van der Waals surface area (Å²) >= 11 is 0.